The quantitative estimate of drug-likeness (QED) is 0.124. The molecule has 0 aliphatic rings. The summed E-state index contributed by atoms with van der Waals surface area (Å²) >= 11 is 3.45. The second-order valence-electron chi connectivity index (χ2n) is 7.23. The van der Waals surface area contributed by atoms with Gasteiger partial charge < -0.3 is 13.7 Å². The van der Waals surface area contributed by atoms with Gasteiger partial charge in [-0.05, 0) is 36.4 Å². The molecule has 3 aromatic heterocycles. The van der Waals surface area contributed by atoms with Gasteiger partial charge in [0, 0.05) is 0 Å². The maximum Gasteiger partial charge on any atom is 1.00 e. The van der Waals surface area contributed by atoms with Crippen LogP contribution in [0.5, 0.6) is 0 Å². The maximum absolute atomic E-state index is 10.8. The third kappa shape index (κ3) is 10.0. The minimum atomic E-state index is -4.38. The zero-order valence-electron chi connectivity index (χ0n) is 21.9. The molecule has 0 N–H and O–H groups in total. The average Bonchev–Trinajstić information content (AvgIpc) is 3.62. The van der Waals surface area contributed by atoms with Gasteiger partial charge in [-0.15, -0.1) is 34.0 Å². The van der Waals surface area contributed by atoms with Crippen molar-refractivity contribution in [1.29, 1.82) is 0 Å². The van der Waals surface area contributed by atoms with Crippen molar-refractivity contribution in [1.82, 2.24) is 15.0 Å². The Morgan fingerprint density at radius 3 is 0.905 bits per heavy atom. The number of hydrogen-bond acceptors (Lipinski definition) is 15. The molecule has 0 saturated carbocycles. The monoisotopic (exact) mass is 711 g/mol. The summed E-state index contributed by atoms with van der Waals surface area (Å²) in [7, 11) is -13.1. The van der Waals surface area contributed by atoms with E-state index in [1.165, 1.54) is 52.9 Å². The van der Waals surface area contributed by atoms with Crippen molar-refractivity contribution < 1.29 is 128 Å². The van der Waals surface area contributed by atoms with Crippen LogP contribution in [0.4, 0.5) is 0 Å². The third-order valence-corrected chi connectivity index (χ3v) is 10.4. The molecule has 21 heteroatoms. The van der Waals surface area contributed by atoms with E-state index in [0.29, 0.717) is 30.6 Å². The fraction of sp³-hybridized carbons (Fsp3) is 0. The summed E-state index contributed by atoms with van der Waals surface area (Å²) in [5.41, 5.74) is 6.17. The maximum atomic E-state index is 10.8. The fourth-order valence-corrected chi connectivity index (χ4v) is 8.35. The number of benzene rings is 3. The Balaban J connectivity index is 0.000000304. The Kier molecular flexibility index (Phi) is 15.8. The van der Waals surface area contributed by atoms with E-state index in [1.54, 1.807) is 18.2 Å². The predicted octanol–water partition coefficient (Wildman–Crippen LogP) is -5.39. The normalized spacial score (nSPS) is 11.2. The molecule has 6 rings (SSSR count). The first-order valence-electron chi connectivity index (χ1n) is 10.1. The van der Waals surface area contributed by atoms with Gasteiger partial charge in [-0.25, -0.2) is 40.2 Å². The van der Waals surface area contributed by atoms with Crippen molar-refractivity contribution in [3.63, 3.8) is 0 Å². The van der Waals surface area contributed by atoms with Crippen LogP contribution < -0.4 is 88.7 Å². The zero-order chi connectivity index (χ0) is 28.4. The predicted molar refractivity (Wildman–Crippen MR) is 143 cm³/mol. The molecule has 3 aromatic carbocycles. The summed E-state index contributed by atoms with van der Waals surface area (Å²) in [5.74, 6) is 0. The minimum absolute atomic E-state index is 0. The number of hydrogen-bond donors (Lipinski definition) is 0. The van der Waals surface area contributed by atoms with E-state index < -0.39 is 30.4 Å². The van der Waals surface area contributed by atoms with Gasteiger partial charge in [0.2, 0.25) is 0 Å². The second-order valence-corrected chi connectivity index (χ2v) is 13.8. The summed E-state index contributed by atoms with van der Waals surface area (Å²) in [4.78, 5) is 11.2. The minimum Gasteiger partial charge on any atom is -0.744 e. The van der Waals surface area contributed by atoms with Crippen LogP contribution in [0.1, 0.15) is 0 Å². The third-order valence-electron chi connectivity index (χ3n) is 4.77. The van der Waals surface area contributed by atoms with Gasteiger partial charge >= 0.3 is 88.7 Å². The molecule has 0 bridgehead atoms. The Labute approximate surface area is 318 Å². The number of aromatic nitrogens is 3. The van der Waals surface area contributed by atoms with Crippen molar-refractivity contribution in [2.24, 2.45) is 0 Å². The fourth-order valence-electron chi connectivity index (χ4n) is 3.17. The molecule has 0 atom stereocenters. The molecule has 3 heterocycles. The summed E-state index contributed by atoms with van der Waals surface area (Å²) in [6.45, 7) is 0. The summed E-state index contributed by atoms with van der Waals surface area (Å²) in [6, 6.07) is 13.4. The number of thiazole rings is 3. The van der Waals surface area contributed by atoms with E-state index in [0.717, 1.165) is 34.0 Å². The Bertz CT molecular complexity index is 1890. The topological polar surface area (TPSA) is 210 Å². The zero-order valence-corrected chi connectivity index (χ0v) is 32.8. The number of fused-ring (bicyclic) bond motifs is 3. The van der Waals surface area contributed by atoms with Crippen LogP contribution in [0.15, 0.2) is 85.8 Å². The molecule has 42 heavy (non-hydrogen) atoms. The molecule has 0 unspecified atom stereocenters. The molecular formula is C21H12N3Na3O9S6. The van der Waals surface area contributed by atoms with E-state index in [2.05, 4.69) is 15.0 Å². The Morgan fingerprint density at radius 1 is 0.452 bits per heavy atom. The molecule has 0 radical (unpaired) electrons. The van der Waals surface area contributed by atoms with Gasteiger partial charge in [0.25, 0.3) is 0 Å². The van der Waals surface area contributed by atoms with Gasteiger partial charge in [-0.3, -0.25) is 0 Å². The Morgan fingerprint density at radius 2 is 0.690 bits per heavy atom. The summed E-state index contributed by atoms with van der Waals surface area (Å²) < 4.78 is 98.2. The average molecular weight is 712 g/mol. The van der Waals surface area contributed by atoms with Crippen LogP contribution in [-0.4, -0.2) is 53.9 Å². The molecule has 0 fully saturated rings. The van der Waals surface area contributed by atoms with Gasteiger partial charge in [-0.1, -0.05) is 18.2 Å². The molecule has 12 nitrogen and oxygen atoms in total. The van der Waals surface area contributed by atoms with Crippen LogP contribution in [0.2, 0.25) is 0 Å². The van der Waals surface area contributed by atoms with E-state index in [9.17, 15) is 38.9 Å². The number of rotatable bonds is 3. The second kappa shape index (κ2) is 16.6. The van der Waals surface area contributed by atoms with E-state index in [4.69, 9.17) is 0 Å². The first-order chi connectivity index (χ1) is 18.3. The first-order valence-corrected chi connectivity index (χ1v) is 17.0. The number of nitrogens with zero attached hydrogens (tertiary/aromatic N) is 3. The van der Waals surface area contributed by atoms with Gasteiger partial charge in [-0.2, -0.15) is 0 Å². The molecule has 0 spiro atoms. The smallest absolute Gasteiger partial charge is 0.744 e. The van der Waals surface area contributed by atoms with E-state index >= 15 is 0 Å². The van der Waals surface area contributed by atoms with Crippen LogP contribution in [0.25, 0.3) is 30.6 Å². The van der Waals surface area contributed by atoms with Crippen LogP contribution in [0.3, 0.4) is 0 Å². The molecule has 0 saturated heterocycles. The molecular weight excluding hydrogens is 700 g/mol. The first kappa shape index (κ1) is 40.1. The van der Waals surface area contributed by atoms with Gasteiger partial charge in [0.15, 0.2) is 0 Å². The largest absolute Gasteiger partial charge is 1.00 e. The standard InChI is InChI=1S/3C7H5NO3S2.3Na/c3*9-13(10,11)6-3-1-2-5-7(6)12-4-8-5;;;/h3*1-4H,(H,9,10,11);;;/q;;;3*+1/p-3. The van der Waals surface area contributed by atoms with Crippen LogP contribution in [0, 0.1) is 0 Å². The molecule has 0 amide bonds. The van der Waals surface area contributed by atoms with Gasteiger partial charge in [0.05, 0.1) is 61.9 Å². The van der Waals surface area contributed by atoms with Crippen LogP contribution >= 0.6 is 34.0 Å². The van der Waals surface area contributed by atoms with E-state index in [1.807, 2.05) is 0 Å². The van der Waals surface area contributed by atoms with Crippen LogP contribution in [-0.2, 0) is 30.4 Å². The van der Waals surface area contributed by atoms with Crippen molar-refractivity contribution >= 4 is 95.0 Å². The van der Waals surface area contributed by atoms with Crippen molar-refractivity contribution in [2.75, 3.05) is 0 Å². The summed E-state index contributed by atoms with van der Waals surface area (Å²) in [5, 5.41) is 0. The summed E-state index contributed by atoms with van der Waals surface area (Å²) in [6.07, 6.45) is 0. The van der Waals surface area contributed by atoms with Crippen molar-refractivity contribution in [3.8, 4) is 0 Å². The van der Waals surface area contributed by atoms with Crippen molar-refractivity contribution in [3.05, 3.63) is 71.1 Å². The molecule has 0 aliphatic heterocycles. The van der Waals surface area contributed by atoms with Gasteiger partial charge in [0.1, 0.15) is 30.4 Å². The SMILES string of the molecule is O=S(=O)([O-])c1cccc2ncsc12.O=S(=O)([O-])c1cccc2ncsc12.O=S(=O)([O-])c1cccc2ncsc12.[Na+].[Na+].[Na+]. The molecule has 204 valence electrons. The van der Waals surface area contributed by atoms with E-state index in [-0.39, 0.29) is 103 Å². The molecule has 6 aromatic rings. The Hall–Kier alpha value is 0.0600. The van der Waals surface area contributed by atoms with Crippen molar-refractivity contribution in [2.45, 2.75) is 14.7 Å². The molecule has 0 aliphatic carbocycles.